The first-order valence-electron chi connectivity index (χ1n) is 4.44. The molecule has 0 aliphatic rings. The Balaban J connectivity index is 2.88. The molecule has 0 radical (unpaired) electrons. The maximum atomic E-state index is 11.3. The van der Waals surface area contributed by atoms with Crippen molar-refractivity contribution in [2.75, 3.05) is 6.61 Å². The maximum absolute atomic E-state index is 11.3. The molecule has 80 valence electrons. The Kier molecular flexibility index (Phi) is 5.05. The summed E-state index contributed by atoms with van der Waals surface area (Å²) in [7, 11) is 0. The van der Waals surface area contributed by atoms with Crippen molar-refractivity contribution in [1.29, 1.82) is 0 Å². The summed E-state index contributed by atoms with van der Waals surface area (Å²) in [5.74, 6) is -0.353. The number of esters is 1. The van der Waals surface area contributed by atoms with Crippen LogP contribution in [0.4, 0.5) is 0 Å². The highest BCUT2D eigenvalue weighted by atomic mass is 79.9. The van der Waals surface area contributed by atoms with Crippen LogP contribution in [0.3, 0.4) is 0 Å². The van der Waals surface area contributed by atoms with Gasteiger partial charge in [-0.2, -0.15) is 0 Å². The quantitative estimate of drug-likeness (QED) is 0.622. The molecule has 0 heterocycles. The monoisotopic (exact) mass is 332 g/mol. The van der Waals surface area contributed by atoms with Gasteiger partial charge in [-0.05, 0) is 40.6 Å². The van der Waals surface area contributed by atoms with Gasteiger partial charge in [-0.25, -0.2) is 4.79 Å². The van der Waals surface area contributed by atoms with Gasteiger partial charge in [0.05, 0.1) is 6.61 Å². The summed E-state index contributed by atoms with van der Waals surface area (Å²) < 4.78 is 6.20. The summed E-state index contributed by atoms with van der Waals surface area (Å²) in [5.41, 5.74) is 0.928. The molecule has 2 nitrogen and oxygen atoms in total. The lowest BCUT2D eigenvalue weighted by Gasteiger charge is -2.01. The fraction of sp³-hybridized carbons (Fsp3) is 0.182. The van der Waals surface area contributed by atoms with Crippen molar-refractivity contribution in [2.45, 2.75) is 6.92 Å². The standard InChI is InChI=1S/C11H10Br2O2/c1-2-15-11(14)10(13)7-8-5-3-4-6-9(8)12/h3-7H,2H2,1H3. The molecule has 1 aromatic rings. The third-order valence-corrected chi connectivity index (χ3v) is 2.93. The molecule has 0 fully saturated rings. The molecule has 0 N–H and O–H groups in total. The lowest BCUT2D eigenvalue weighted by Crippen LogP contribution is -2.03. The summed E-state index contributed by atoms with van der Waals surface area (Å²) in [6.45, 7) is 2.15. The van der Waals surface area contributed by atoms with Crippen molar-refractivity contribution in [1.82, 2.24) is 0 Å². The Labute approximate surface area is 106 Å². The van der Waals surface area contributed by atoms with Crippen LogP contribution in [0.25, 0.3) is 6.08 Å². The SMILES string of the molecule is CCOC(=O)C(Br)=Cc1ccccc1Br. The van der Waals surface area contributed by atoms with Crippen LogP contribution in [0.1, 0.15) is 12.5 Å². The predicted molar refractivity (Wildman–Crippen MR) is 67.7 cm³/mol. The Hall–Kier alpha value is -0.610. The Morgan fingerprint density at radius 3 is 2.73 bits per heavy atom. The van der Waals surface area contributed by atoms with E-state index in [4.69, 9.17) is 4.74 Å². The van der Waals surface area contributed by atoms with Crippen molar-refractivity contribution in [3.05, 3.63) is 38.8 Å². The third-order valence-electron chi connectivity index (χ3n) is 1.66. The van der Waals surface area contributed by atoms with Crippen LogP contribution in [-0.2, 0) is 9.53 Å². The molecule has 0 bridgehead atoms. The molecule has 0 saturated carbocycles. The Morgan fingerprint density at radius 2 is 2.13 bits per heavy atom. The van der Waals surface area contributed by atoms with Gasteiger partial charge in [0.25, 0.3) is 0 Å². The molecule has 1 aromatic carbocycles. The van der Waals surface area contributed by atoms with Crippen molar-refractivity contribution < 1.29 is 9.53 Å². The van der Waals surface area contributed by atoms with Crippen LogP contribution >= 0.6 is 31.9 Å². The number of carbonyl (C=O) groups excluding carboxylic acids is 1. The molecule has 15 heavy (non-hydrogen) atoms. The summed E-state index contributed by atoms with van der Waals surface area (Å²) in [6, 6.07) is 7.64. The van der Waals surface area contributed by atoms with E-state index in [9.17, 15) is 4.79 Å². The minimum absolute atomic E-state index is 0.353. The number of rotatable bonds is 3. The van der Waals surface area contributed by atoms with E-state index in [1.54, 1.807) is 13.0 Å². The number of hydrogen-bond acceptors (Lipinski definition) is 2. The summed E-state index contributed by atoms with van der Waals surface area (Å²) >= 11 is 6.58. The van der Waals surface area contributed by atoms with E-state index in [2.05, 4.69) is 31.9 Å². The second kappa shape index (κ2) is 6.08. The van der Waals surface area contributed by atoms with E-state index in [-0.39, 0.29) is 5.97 Å². The Morgan fingerprint density at radius 1 is 1.47 bits per heavy atom. The summed E-state index contributed by atoms with van der Waals surface area (Å²) in [4.78, 5) is 11.3. The number of carbonyl (C=O) groups is 1. The molecule has 4 heteroatoms. The fourth-order valence-electron chi connectivity index (χ4n) is 0.988. The number of halogens is 2. The van der Waals surface area contributed by atoms with Crippen LogP contribution < -0.4 is 0 Å². The highest BCUT2D eigenvalue weighted by Gasteiger charge is 2.07. The summed E-state index contributed by atoms with van der Waals surface area (Å²) in [5, 5.41) is 0. The molecule has 1 rings (SSSR count). The van der Waals surface area contributed by atoms with E-state index >= 15 is 0 Å². The molecule has 0 atom stereocenters. The molecule has 0 unspecified atom stereocenters. The maximum Gasteiger partial charge on any atom is 0.345 e. The summed E-state index contributed by atoms with van der Waals surface area (Å²) in [6.07, 6.45) is 1.72. The van der Waals surface area contributed by atoms with Gasteiger partial charge in [-0.1, -0.05) is 34.1 Å². The second-order valence-electron chi connectivity index (χ2n) is 2.73. The van der Waals surface area contributed by atoms with Crippen molar-refractivity contribution in [3.63, 3.8) is 0 Å². The predicted octanol–water partition coefficient (Wildman–Crippen LogP) is 3.75. The van der Waals surface area contributed by atoms with E-state index in [0.717, 1.165) is 10.0 Å². The van der Waals surface area contributed by atoms with Gasteiger partial charge in [0, 0.05) is 4.47 Å². The molecular formula is C11H10Br2O2. The molecule has 0 saturated heterocycles. The van der Waals surface area contributed by atoms with Crippen LogP contribution in [0, 0.1) is 0 Å². The van der Waals surface area contributed by atoms with Gasteiger partial charge in [0.2, 0.25) is 0 Å². The number of hydrogen-bond donors (Lipinski definition) is 0. The van der Waals surface area contributed by atoms with Gasteiger partial charge in [-0.15, -0.1) is 0 Å². The second-order valence-corrected chi connectivity index (χ2v) is 4.44. The first-order valence-corrected chi connectivity index (χ1v) is 6.02. The van der Waals surface area contributed by atoms with E-state index < -0.39 is 0 Å². The molecule has 0 aromatic heterocycles. The third kappa shape index (κ3) is 3.80. The molecule has 0 aliphatic carbocycles. The first kappa shape index (κ1) is 12.5. The minimum Gasteiger partial charge on any atom is -0.462 e. The molecule has 0 amide bonds. The van der Waals surface area contributed by atoms with E-state index in [1.807, 2.05) is 24.3 Å². The van der Waals surface area contributed by atoms with Gasteiger partial charge >= 0.3 is 5.97 Å². The van der Waals surface area contributed by atoms with Gasteiger partial charge in [-0.3, -0.25) is 0 Å². The molecule has 0 aliphatic heterocycles. The zero-order valence-corrected chi connectivity index (χ0v) is 11.3. The van der Waals surface area contributed by atoms with E-state index in [0.29, 0.717) is 11.1 Å². The van der Waals surface area contributed by atoms with Crippen LogP contribution in [-0.4, -0.2) is 12.6 Å². The van der Waals surface area contributed by atoms with Crippen molar-refractivity contribution in [3.8, 4) is 0 Å². The van der Waals surface area contributed by atoms with Crippen molar-refractivity contribution in [2.24, 2.45) is 0 Å². The molecule has 0 spiro atoms. The van der Waals surface area contributed by atoms with Gasteiger partial charge in [0.1, 0.15) is 4.48 Å². The minimum atomic E-state index is -0.353. The number of benzene rings is 1. The first-order chi connectivity index (χ1) is 7.15. The topological polar surface area (TPSA) is 26.3 Å². The van der Waals surface area contributed by atoms with Crippen LogP contribution in [0.15, 0.2) is 33.2 Å². The van der Waals surface area contributed by atoms with Crippen LogP contribution in [0.5, 0.6) is 0 Å². The van der Waals surface area contributed by atoms with Gasteiger partial charge in [0.15, 0.2) is 0 Å². The lowest BCUT2D eigenvalue weighted by atomic mass is 10.2. The Bertz CT molecular complexity index is 386. The normalized spacial score (nSPS) is 11.3. The smallest absolute Gasteiger partial charge is 0.345 e. The highest BCUT2D eigenvalue weighted by molar-refractivity contribution is 9.12. The zero-order valence-electron chi connectivity index (χ0n) is 8.17. The zero-order chi connectivity index (χ0) is 11.3. The fourth-order valence-corrected chi connectivity index (χ4v) is 1.75. The van der Waals surface area contributed by atoms with Crippen molar-refractivity contribution >= 4 is 43.9 Å². The average molecular weight is 334 g/mol. The molecular weight excluding hydrogens is 324 g/mol. The van der Waals surface area contributed by atoms with Gasteiger partial charge < -0.3 is 4.74 Å². The number of ether oxygens (including phenoxy) is 1. The largest absolute Gasteiger partial charge is 0.462 e. The average Bonchev–Trinajstić information content (AvgIpc) is 2.21. The van der Waals surface area contributed by atoms with Crippen LogP contribution in [0.2, 0.25) is 0 Å². The highest BCUT2D eigenvalue weighted by Crippen LogP contribution is 2.21. The van der Waals surface area contributed by atoms with E-state index in [1.165, 1.54) is 0 Å². The lowest BCUT2D eigenvalue weighted by molar-refractivity contribution is -0.137.